The highest BCUT2D eigenvalue weighted by molar-refractivity contribution is 7.27. The Morgan fingerprint density at radius 2 is 1.33 bits per heavy atom. The largest absolute Gasteiger partial charge is 0.139 e. The second-order valence-electron chi connectivity index (χ2n) is 2.86. The van der Waals surface area contributed by atoms with Crippen LogP contribution in [0.3, 0.4) is 0 Å². The zero-order valence-electron chi connectivity index (χ0n) is 7.39. The Labute approximate surface area is 80.9 Å². The Hall–Kier alpha value is -0.340. The van der Waals surface area contributed by atoms with E-state index in [9.17, 15) is 0 Å². The Morgan fingerprint density at radius 1 is 0.917 bits per heavy atom. The van der Waals surface area contributed by atoms with Crippen molar-refractivity contribution in [3.05, 3.63) is 21.9 Å². The second kappa shape index (κ2) is 3.19. The minimum atomic E-state index is 1.17. The summed E-state index contributed by atoms with van der Waals surface area (Å²) in [6, 6.07) is 4.67. The zero-order chi connectivity index (χ0) is 8.55. The Kier molecular flexibility index (Phi) is 2.20. The number of hydrogen-bond donors (Lipinski definition) is 0. The van der Waals surface area contributed by atoms with Gasteiger partial charge in [0.1, 0.15) is 0 Å². The molecular weight excluding hydrogens is 184 g/mol. The molecule has 0 radical (unpaired) electrons. The monoisotopic (exact) mass is 196 g/mol. The van der Waals surface area contributed by atoms with Gasteiger partial charge in [-0.3, -0.25) is 0 Å². The molecule has 2 heterocycles. The van der Waals surface area contributed by atoms with E-state index in [2.05, 4.69) is 26.0 Å². The van der Waals surface area contributed by atoms with Crippen LogP contribution in [-0.4, -0.2) is 0 Å². The van der Waals surface area contributed by atoms with E-state index in [-0.39, 0.29) is 0 Å². The van der Waals surface area contributed by atoms with Crippen LogP contribution in [0.5, 0.6) is 0 Å². The summed E-state index contributed by atoms with van der Waals surface area (Å²) in [4.78, 5) is 3.03. The van der Waals surface area contributed by atoms with Crippen molar-refractivity contribution in [2.24, 2.45) is 0 Å². The van der Waals surface area contributed by atoms with Gasteiger partial charge in [-0.25, -0.2) is 0 Å². The van der Waals surface area contributed by atoms with Gasteiger partial charge in [-0.2, -0.15) is 0 Å². The number of hydrogen-bond acceptors (Lipinski definition) is 2. The molecule has 2 heteroatoms. The molecule has 2 rings (SSSR count). The van der Waals surface area contributed by atoms with Crippen LogP contribution < -0.4 is 0 Å². The van der Waals surface area contributed by atoms with Gasteiger partial charge in [0.25, 0.3) is 0 Å². The average molecular weight is 196 g/mol. The van der Waals surface area contributed by atoms with E-state index in [4.69, 9.17) is 0 Å². The Morgan fingerprint density at radius 3 is 1.67 bits per heavy atom. The van der Waals surface area contributed by atoms with Crippen LogP contribution in [0.15, 0.2) is 12.1 Å². The Balaban J connectivity index is 2.52. The molecule has 0 bridgehead atoms. The van der Waals surface area contributed by atoms with Crippen molar-refractivity contribution in [3.63, 3.8) is 0 Å². The van der Waals surface area contributed by atoms with Gasteiger partial charge < -0.3 is 0 Å². The molecule has 0 fully saturated rings. The van der Waals surface area contributed by atoms with Crippen molar-refractivity contribution in [1.82, 2.24) is 0 Å². The summed E-state index contributed by atoms with van der Waals surface area (Å²) >= 11 is 3.89. The van der Waals surface area contributed by atoms with Gasteiger partial charge in [0.15, 0.2) is 0 Å². The third-order valence-corrected chi connectivity index (χ3v) is 4.59. The van der Waals surface area contributed by atoms with Crippen LogP contribution in [0.25, 0.3) is 9.40 Å². The van der Waals surface area contributed by atoms with Crippen molar-refractivity contribution in [2.45, 2.75) is 26.7 Å². The average Bonchev–Trinajstić information content (AvgIpc) is 2.59. The summed E-state index contributed by atoms with van der Waals surface area (Å²) in [7, 11) is 0. The fraction of sp³-hybridized carbons (Fsp3) is 0.400. The lowest BCUT2D eigenvalue weighted by Crippen LogP contribution is -1.66. The summed E-state index contributed by atoms with van der Waals surface area (Å²) < 4.78 is 2.96. The van der Waals surface area contributed by atoms with Gasteiger partial charge in [0, 0.05) is 19.2 Å². The van der Waals surface area contributed by atoms with E-state index in [1.807, 2.05) is 22.7 Å². The quantitative estimate of drug-likeness (QED) is 0.678. The van der Waals surface area contributed by atoms with Gasteiger partial charge in [-0.1, -0.05) is 13.8 Å². The SMILES string of the molecule is CCc1cc2sc(CC)cc2s1. The van der Waals surface area contributed by atoms with Gasteiger partial charge in [-0.15, -0.1) is 22.7 Å². The molecule has 0 nitrogen and oxygen atoms in total. The minimum absolute atomic E-state index is 1.17. The van der Waals surface area contributed by atoms with E-state index in [1.54, 1.807) is 0 Å². The first kappa shape index (κ1) is 8.27. The van der Waals surface area contributed by atoms with Gasteiger partial charge in [-0.05, 0) is 25.0 Å². The molecule has 2 aromatic heterocycles. The van der Waals surface area contributed by atoms with E-state index < -0.39 is 0 Å². The fourth-order valence-corrected chi connectivity index (χ4v) is 3.61. The molecule has 0 aromatic carbocycles. The van der Waals surface area contributed by atoms with E-state index in [0.717, 1.165) is 0 Å². The fourth-order valence-electron chi connectivity index (χ4n) is 1.28. The van der Waals surface area contributed by atoms with Crippen LogP contribution in [0.4, 0.5) is 0 Å². The molecule has 0 saturated heterocycles. The van der Waals surface area contributed by atoms with Gasteiger partial charge >= 0.3 is 0 Å². The highest BCUT2D eigenvalue weighted by Crippen LogP contribution is 2.33. The first-order chi connectivity index (χ1) is 5.83. The zero-order valence-corrected chi connectivity index (χ0v) is 9.02. The summed E-state index contributed by atoms with van der Waals surface area (Å²) in [6.07, 6.45) is 2.35. The minimum Gasteiger partial charge on any atom is -0.139 e. The maximum Gasteiger partial charge on any atom is 0.0456 e. The van der Waals surface area contributed by atoms with Crippen molar-refractivity contribution >= 4 is 32.1 Å². The molecule has 64 valence electrons. The molecular formula is C10H12S2. The maximum atomic E-state index is 2.34. The first-order valence-electron chi connectivity index (χ1n) is 4.34. The van der Waals surface area contributed by atoms with Crippen molar-refractivity contribution in [2.75, 3.05) is 0 Å². The molecule has 0 spiro atoms. The molecule has 0 saturated carbocycles. The molecule has 2 aromatic rings. The van der Waals surface area contributed by atoms with Crippen LogP contribution >= 0.6 is 22.7 Å². The summed E-state index contributed by atoms with van der Waals surface area (Å²) in [5, 5.41) is 0. The van der Waals surface area contributed by atoms with Crippen LogP contribution in [0, 0.1) is 0 Å². The lowest BCUT2D eigenvalue weighted by molar-refractivity contribution is 1.19. The molecule has 0 amide bonds. The van der Waals surface area contributed by atoms with E-state index in [0.29, 0.717) is 0 Å². The van der Waals surface area contributed by atoms with Crippen LogP contribution in [0.2, 0.25) is 0 Å². The third-order valence-electron chi connectivity index (χ3n) is 2.01. The van der Waals surface area contributed by atoms with Gasteiger partial charge in [0.2, 0.25) is 0 Å². The van der Waals surface area contributed by atoms with E-state index >= 15 is 0 Å². The Bertz CT molecular complexity index is 316. The second-order valence-corrected chi connectivity index (χ2v) is 5.20. The van der Waals surface area contributed by atoms with E-state index in [1.165, 1.54) is 32.0 Å². The molecule has 0 atom stereocenters. The van der Waals surface area contributed by atoms with Crippen LogP contribution in [0.1, 0.15) is 23.6 Å². The molecule has 0 unspecified atom stereocenters. The smallest absolute Gasteiger partial charge is 0.0456 e. The summed E-state index contributed by atoms with van der Waals surface area (Å²) in [6.45, 7) is 4.44. The molecule has 0 aliphatic heterocycles. The topological polar surface area (TPSA) is 0 Å². The van der Waals surface area contributed by atoms with Crippen LogP contribution in [-0.2, 0) is 12.8 Å². The predicted molar refractivity (Wildman–Crippen MR) is 58.5 cm³/mol. The lowest BCUT2D eigenvalue weighted by atomic mass is 10.3. The van der Waals surface area contributed by atoms with Crippen molar-refractivity contribution in [3.8, 4) is 0 Å². The molecule has 12 heavy (non-hydrogen) atoms. The standard InChI is InChI=1S/C10H12S2/c1-3-7-5-9-10(11-7)6-8(4-2)12-9/h5-6H,3-4H2,1-2H3. The maximum absolute atomic E-state index is 2.34. The molecule has 0 aliphatic rings. The highest BCUT2D eigenvalue weighted by Gasteiger charge is 2.03. The molecule has 0 aliphatic carbocycles. The number of thiophene rings is 2. The third kappa shape index (κ3) is 1.29. The number of fused-ring (bicyclic) bond motifs is 1. The molecule has 0 N–H and O–H groups in total. The number of aryl methyl sites for hydroxylation is 2. The van der Waals surface area contributed by atoms with Crippen molar-refractivity contribution < 1.29 is 0 Å². The summed E-state index contributed by atoms with van der Waals surface area (Å²) in [5.41, 5.74) is 0. The van der Waals surface area contributed by atoms with Crippen molar-refractivity contribution in [1.29, 1.82) is 0 Å². The summed E-state index contributed by atoms with van der Waals surface area (Å²) in [5.74, 6) is 0. The van der Waals surface area contributed by atoms with Gasteiger partial charge in [0.05, 0.1) is 0 Å². The predicted octanol–water partition coefficient (Wildman–Crippen LogP) is 4.09. The normalized spacial score (nSPS) is 11.2. The number of rotatable bonds is 2. The lowest BCUT2D eigenvalue weighted by Gasteiger charge is -1.84. The first-order valence-corrected chi connectivity index (χ1v) is 5.98. The highest BCUT2D eigenvalue weighted by atomic mass is 32.1.